The Hall–Kier alpha value is -3.88. The van der Waals surface area contributed by atoms with E-state index in [0.717, 1.165) is 22.3 Å². The zero-order chi connectivity index (χ0) is 24.7. The molecule has 0 saturated carbocycles. The van der Waals surface area contributed by atoms with E-state index in [1.807, 2.05) is 48.5 Å². The van der Waals surface area contributed by atoms with E-state index in [9.17, 15) is 19.2 Å². The molecule has 0 aliphatic heterocycles. The molecule has 0 fully saturated rings. The first-order valence-corrected chi connectivity index (χ1v) is 11.1. The van der Waals surface area contributed by atoms with Crippen molar-refractivity contribution in [3.63, 3.8) is 0 Å². The fourth-order valence-electron chi connectivity index (χ4n) is 3.85. The highest BCUT2D eigenvalue weighted by Crippen LogP contribution is 2.44. The van der Waals surface area contributed by atoms with Gasteiger partial charge in [0.2, 0.25) is 6.04 Å². The molecule has 2 amide bonds. The number of fused-ring (bicyclic) bond motifs is 3. The molecule has 0 radical (unpaired) electrons. The number of nitrogens with one attached hydrogen (secondary N) is 2. The van der Waals surface area contributed by atoms with Gasteiger partial charge in [0.1, 0.15) is 6.61 Å². The van der Waals surface area contributed by atoms with Crippen LogP contribution in [0.25, 0.3) is 11.1 Å². The second-order valence-corrected chi connectivity index (χ2v) is 7.97. The molecule has 9 nitrogen and oxygen atoms in total. The van der Waals surface area contributed by atoms with Crippen molar-refractivity contribution in [2.45, 2.75) is 32.2 Å². The second-order valence-electron chi connectivity index (χ2n) is 7.97. The summed E-state index contributed by atoms with van der Waals surface area (Å²) in [6.45, 7) is 3.15. The minimum atomic E-state index is -1.62. The van der Waals surface area contributed by atoms with Crippen molar-refractivity contribution in [2.24, 2.45) is 5.92 Å². The number of carbonyl (C=O) groups is 4. The van der Waals surface area contributed by atoms with Crippen molar-refractivity contribution in [2.75, 3.05) is 19.8 Å². The van der Waals surface area contributed by atoms with Gasteiger partial charge in [-0.25, -0.2) is 9.59 Å². The molecule has 180 valence electrons. The molecule has 1 aliphatic carbocycles. The van der Waals surface area contributed by atoms with E-state index in [-0.39, 0.29) is 32.1 Å². The third-order valence-corrected chi connectivity index (χ3v) is 5.69. The Bertz CT molecular complexity index is 1020. The third kappa shape index (κ3) is 5.72. The lowest BCUT2D eigenvalue weighted by Gasteiger charge is -2.19. The van der Waals surface area contributed by atoms with Crippen LogP contribution in [0.4, 0.5) is 4.79 Å². The van der Waals surface area contributed by atoms with E-state index in [1.54, 1.807) is 6.92 Å². The Balaban J connectivity index is 1.63. The number of amides is 2. The summed E-state index contributed by atoms with van der Waals surface area (Å²) >= 11 is 0. The lowest BCUT2D eigenvalue weighted by Crippen LogP contribution is -2.52. The molecule has 2 aromatic carbocycles. The lowest BCUT2D eigenvalue weighted by atomic mass is 9.98. The van der Waals surface area contributed by atoms with Gasteiger partial charge in [-0.3, -0.25) is 14.9 Å². The topological polar surface area (TPSA) is 131 Å². The van der Waals surface area contributed by atoms with E-state index >= 15 is 0 Å². The number of carbonyl (C=O) groups excluding carboxylic acids is 3. The van der Waals surface area contributed by atoms with Gasteiger partial charge < -0.3 is 19.9 Å². The Kier molecular flexibility index (Phi) is 8.24. The first kappa shape index (κ1) is 24.8. The normalized spacial score (nSPS) is 13.7. The van der Waals surface area contributed by atoms with Gasteiger partial charge in [0.25, 0.3) is 5.91 Å². The summed E-state index contributed by atoms with van der Waals surface area (Å²) in [6, 6.07) is 14.1. The number of ether oxygens (including phenoxy) is 2. The van der Waals surface area contributed by atoms with Gasteiger partial charge in [-0.2, -0.15) is 0 Å². The molecule has 9 heteroatoms. The first-order valence-electron chi connectivity index (χ1n) is 11.1. The number of benzene rings is 2. The Morgan fingerprint density at radius 2 is 1.56 bits per heavy atom. The average molecular weight is 469 g/mol. The molecular weight excluding hydrogens is 440 g/mol. The van der Waals surface area contributed by atoms with Crippen LogP contribution in [-0.2, 0) is 23.9 Å². The van der Waals surface area contributed by atoms with Crippen LogP contribution in [0.5, 0.6) is 0 Å². The number of aliphatic carboxylic acids is 1. The van der Waals surface area contributed by atoms with Gasteiger partial charge in [0.05, 0.1) is 12.5 Å². The first-order chi connectivity index (χ1) is 16.3. The maximum Gasteiger partial charge on any atom is 0.408 e. The zero-order valence-corrected chi connectivity index (χ0v) is 19.1. The van der Waals surface area contributed by atoms with E-state index in [1.165, 1.54) is 6.92 Å². The maximum atomic E-state index is 12.5. The van der Waals surface area contributed by atoms with Gasteiger partial charge in [0, 0.05) is 12.5 Å². The van der Waals surface area contributed by atoms with E-state index in [0.29, 0.717) is 0 Å². The highest BCUT2D eigenvalue weighted by Gasteiger charge is 2.32. The Morgan fingerprint density at radius 1 is 0.971 bits per heavy atom. The molecule has 0 heterocycles. The second kappa shape index (κ2) is 11.3. The summed E-state index contributed by atoms with van der Waals surface area (Å²) in [5.74, 6) is -3.57. The number of alkyl carbamates (subject to hydrolysis) is 1. The molecule has 0 aromatic heterocycles. The number of rotatable bonds is 10. The van der Waals surface area contributed by atoms with Gasteiger partial charge in [-0.1, -0.05) is 55.5 Å². The average Bonchev–Trinajstić information content (AvgIpc) is 3.14. The van der Waals surface area contributed by atoms with Crippen molar-refractivity contribution in [1.29, 1.82) is 0 Å². The predicted molar refractivity (Wildman–Crippen MR) is 123 cm³/mol. The lowest BCUT2D eigenvalue weighted by molar-refractivity contribution is -0.149. The van der Waals surface area contributed by atoms with Gasteiger partial charge in [-0.05, 0) is 35.6 Å². The van der Waals surface area contributed by atoms with Crippen molar-refractivity contribution < 1.29 is 33.8 Å². The van der Waals surface area contributed by atoms with Crippen LogP contribution in [0.3, 0.4) is 0 Å². The molecule has 1 aliphatic rings. The zero-order valence-electron chi connectivity index (χ0n) is 19.1. The summed E-state index contributed by atoms with van der Waals surface area (Å²) in [7, 11) is 0. The molecular formula is C25H28N2O7. The van der Waals surface area contributed by atoms with Crippen molar-refractivity contribution in [3.8, 4) is 11.1 Å². The van der Waals surface area contributed by atoms with Crippen LogP contribution >= 0.6 is 0 Å². The number of carboxylic acid groups (broad SMARTS) is 1. The fraction of sp³-hybridized carbons (Fsp3) is 0.360. The Labute approximate surface area is 197 Å². The quantitative estimate of drug-likeness (QED) is 0.361. The third-order valence-electron chi connectivity index (χ3n) is 5.69. The molecule has 3 rings (SSSR count). The summed E-state index contributed by atoms with van der Waals surface area (Å²) in [5, 5.41) is 13.7. The standard InChI is InChI=1S/C25H28N2O7/c1-3-33-24(31)21(22(28)26-13-12-15(2)23(29)30)27-25(32)34-14-20-18-10-6-4-8-16(18)17-9-5-7-11-19(17)20/h4-11,15,20-21H,3,12-14H2,1-2H3,(H,26,28)(H,27,32)(H,29,30). The van der Waals surface area contributed by atoms with Gasteiger partial charge in [0.15, 0.2) is 0 Å². The largest absolute Gasteiger partial charge is 0.481 e. The van der Waals surface area contributed by atoms with Crippen LogP contribution in [0, 0.1) is 5.92 Å². The highest BCUT2D eigenvalue weighted by molar-refractivity contribution is 6.04. The van der Waals surface area contributed by atoms with Gasteiger partial charge >= 0.3 is 18.0 Å². The van der Waals surface area contributed by atoms with Gasteiger partial charge in [-0.15, -0.1) is 0 Å². The highest BCUT2D eigenvalue weighted by atomic mass is 16.6. The summed E-state index contributed by atoms with van der Waals surface area (Å²) in [6.07, 6.45) is -0.768. The van der Waals surface area contributed by atoms with E-state index in [4.69, 9.17) is 14.6 Å². The Morgan fingerprint density at radius 3 is 2.12 bits per heavy atom. The summed E-state index contributed by atoms with van der Waals surface area (Å²) < 4.78 is 10.3. The molecule has 3 N–H and O–H groups in total. The van der Waals surface area contributed by atoms with E-state index < -0.39 is 35.9 Å². The van der Waals surface area contributed by atoms with Crippen LogP contribution in [0.2, 0.25) is 0 Å². The van der Waals surface area contributed by atoms with Crippen LogP contribution in [0.15, 0.2) is 48.5 Å². The number of esters is 1. The molecule has 0 saturated heterocycles. The van der Waals surface area contributed by atoms with Crippen molar-refractivity contribution in [3.05, 3.63) is 59.7 Å². The molecule has 2 atom stereocenters. The molecule has 2 aromatic rings. The minimum absolute atomic E-state index is 0.0189. The SMILES string of the molecule is CCOC(=O)C(NC(=O)OCC1c2ccccc2-c2ccccc21)C(=O)NCCC(C)C(=O)O. The molecule has 2 unspecified atom stereocenters. The van der Waals surface area contributed by atoms with Crippen molar-refractivity contribution in [1.82, 2.24) is 10.6 Å². The molecule has 0 bridgehead atoms. The van der Waals surface area contributed by atoms with Crippen molar-refractivity contribution >= 4 is 23.9 Å². The predicted octanol–water partition coefficient (Wildman–Crippen LogP) is 2.68. The van der Waals surface area contributed by atoms with Crippen LogP contribution in [0.1, 0.15) is 37.3 Å². The van der Waals surface area contributed by atoms with E-state index in [2.05, 4.69) is 10.6 Å². The summed E-state index contributed by atoms with van der Waals surface area (Å²) in [5.41, 5.74) is 4.21. The number of hydrogen-bond donors (Lipinski definition) is 3. The number of hydrogen-bond acceptors (Lipinski definition) is 6. The monoisotopic (exact) mass is 468 g/mol. The summed E-state index contributed by atoms with van der Waals surface area (Å²) in [4.78, 5) is 48.2. The molecule has 34 heavy (non-hydrogen) atoms. The van der Waals surface area contributed by atoms with Crippen LogP contribution in [-0.4, -0.2) is 54.8 Å². The minimum Gasteiger partial charge on any atom is -0.481 e. The number of carboxylic acids is 1. The molecule has 0 spiro atoms. The smallest absolute Gasteiger partial charge is 0.408 e. The van der Waals surface area contributed by atoms with Crippen LogP contribution < -0.4 is 10.6 Å². The fourth-order valence-corrected chi connectivity index (χ4v) is 3.85. The maximum absolute atomic E-state index is 12.5.